The van der Waals surface area contributed by atoms with E-state index in [1.165, 1.54) is 11.8 Å². The van der Waals surface area contributed by atoms with Crippen LogP contribution < -0.4 is 10.1 Å². The number of nitrogens with zero attached hydrogens (tertiary/aromatic N) is 4. The van der Waals surface area contributed by atoms with Crippen LogP contribution in [0.5, 0.6) is 5.75 Å². The summed E-state index contributed by atoms with van der Waals surface area (Å²) < 4.78 is 7.03. The number of thioether (sulfide) groups is 1. The number of nitrogens with one attached hydrogen (secondary N) is 1. The molecule has 3 aromatic rings. The number of tetrazole rings is 1. The van der Waals surface area contributed by atoms with Crippen LogP contribution in [0.2, 0.25) is 0 Å². The predicted molar refractivity (Wildman–Crippen MR) is 105 cm³/mol. The van der Waals surface area contributed by atoms with Crippen molar-refractivity contribution in [2.75, 3.05) is 11.9 Å². The number of benzene rings is 2. The summed E-state index contributed by atoms with van der Waals surface area (Å²) in [5, 5.41) is 14.9. The maximum atomic E-state index is 12.5. The number of ether oxygens (including phenoxy) is 1. The number of carbonyl (C=O) groups is 1. The van der Waals surface area contributed by atoms with Gasteiger partial charge in [-0.2, -0.15) is 4.68 Å². The second-order valence-electron chi connectivity index (χ2n) is 5.92. The van der Waals surface area contributed by atoms with Crippen molar-refractivity contribution in [3.05, 3.63) is 54.1 Å². The van der Waals surface area contributed by atoms with Crippen molar-refractivity contribution in [1.82, 2.24) is 20.2 Å². The van der Waals surface area contributed by atoms with Crippen molar-refractivity contribution in [3.63, 3.8) is 0 Å². The van der Waals surface area contributed by atoms with E-state index in [0.717, 1.165) is 17.0 Å². The van der Waals surface area contributed by atoms with Gasteiger partial charge in [0, 0.05) is 5.69 Å². The van der Waals surface area contributed by atoms with Gasteiger partial charge in [-0.15, -0.1) is 5.10 Å². The third kappa shape index (κ3) is 4.85. The van der Waals surface area contributed by atoms with Gasteiger partial charge in [-0.05, 0) is 67.6 Å². The van der Waals surface area contributed by atoms with Gasteiger partial charge in [-0.3, -0.25) is 4.79 Å². The molecule has 7 nitrogen and oxygen atoms in total. The molecule has 3 rings (SSSR count). The van der Waals surface area contributed by atoms with E-state index in [1.807, 2.05) is 69.3 Å². The highest BCUT2D eigenvalue weighted by molar-refractivity contribution is 8.00. The lowest BCUT2D eigenvalue weighted by Crippen LogP contribution is -2.22. The molecule has 0 bridgehead atoms. The summed E-state index contributed by atoms with van der Waals surface area (Å²) in [7, 11) is 0. The second-order valence-corrected chi connectivity index (χ2v) is 7.22. The van der Waals surface area contributed by atoms with Crippen LogP contribution >= 0.6 is 11.8 Å². The minimum absolute atomic E-state index is 0.123. The fourth-order valence-electron chi connectivity index (χ4n) is 2.36. The van der Waals surface area contributed by atoms with E-state index in [0.29, 0.717) is 17.5 Å². The molecular formula is C19H21N5O2S. The van der Waals surface area contributed by atoms with Crippen LogP contribution in [0.15, 0.2) is 53.7 Å². The molecule has 1 amide bonds. The zero-order valence-electron chi connectivity index (χ0n) is 15.4. The first kappa shape index (κ1) is 18.9. The molecule has 140 valence electrons. The highest BCUT2D eigenvalue weighted by Gasteiger charge is 2.19. The van der Waals surface area contributed by atoms with Crippen LogP contribution in [0.1, 0.15) is 19.4 Å². The van der Waals surface area contributed by atoms with Gasteiger partial charge in [-0.25, -0.2) is 0 Å². The Labute approximate surface area is 162 Å². The highest BCUT2D eigenvalue weighted by atomic mass is 32.2. The topological polar surface area (TPSA) is 81.9 Å². The number of amides is 1. The summed E-state index contributed by atoms with van der Waals surface area (Å²) >= 11 is 1.30. The normalized spacial score (nSPS) is 11.8. The van der Waals surface area contributed by atoms with Gasteiger partial charge in [0.1, 0.15) is 5.75 Å². The molecule has 1 atom stereocenters. The van der Waals surface area contributed by atoms with E-state index in [-0.39, 0.29) is 11.2 Å². The van der Waals surface area contributed by atoms with Gasteiger partial charge in [0.05, 0.1) is 17.5 Å². The molecule has 0 radical (unpaired) electrons. The number of aromatic nitrogens is 4. The van der Waals surface area contributed by atoms with Crippen LogP contribution in [0.3, 0.4) is 0 Å². The molecule has 8 heteroatoms. The van der Waals surface area contributed by atoms with Crippen molar-refractivity contribution in [2.45, 2.75) is 31.2 Å². The smallest absolute Gasteiger partial charge is 0.237 e. The first-order valence-electron chi connectivity index (χ1n) is 8.62. The number of aryl methyl sites for hydroxylation is 1. The zero-order valence-corrected chi connectivity index (χ0v) is 16.2. The minimum Gasteiger partial charge on any atom is -0.494 e. The van der Waals surface area contributed by atoms with Gasteiger partial charge in [0.25, 0.3) is 0 Å². The predicted octanol–water partition coefficient (Wildman–Crippen LogP) is 3.49. The van der Waals surface area contributed by atoms with Crippen molar-refractivity contribution in [2.24, 2.45) is 0 Å². The number of hydrogen-bond donors (Lipinski definition) is 1. The molecule has 2 aromatic carbocycles. The summed E-state index contributed by atoms with van der Waals surface area (Å²) in [6.07, 6.45) is 0. The second kappa shape index (κ2) is 8.68. The van der Waals surface area contributed by atoms with Gasteiger partial charge < -0.3 is 10.1 Å². The number of hydrogen-bond acceptors (Lipinski definition) is 6. The molecule has 1 N–H and O–H groups in total. The van der Waals surface area contributed by atoms with Gasteiger partial charge >= 0.3 is 0 Å². The van der Waals surface area contributed by atoms with E-state index >= 15 is 0 Å². The Bertz CT molecular complexity index is 893. The Morgan fingerprint density at radius 2 is 1.89 bits per heavy atom. The molecule has 27 heavy (non-hydrogen) atoms. The Balaban J connectivity index is 1.65. The van der Waals surface area contributed by atoms with Crippen molar-refractivity contribution in [3.8, 4) is 11.4 Å². The Morgan fingerprint density at radius 3 is 2.56 bits per heavy atom. The Kier molecular flexibility index (Phi) is 6.08. The molecule has 1 aromatic heterocycles. The molecule has 0 unspecified atom stereocenters. The molecule has 0 saturated heterocycles. The van der Waals surface area contributed by atoms with E-state index < -0.39 is 0 Å². The lowest BCUT2D eigenvalue weighted by atomic mass is 10.2. The van der Waals surface area contributed by atoms with Crippen molar-refractivity contribution >= 4 is 23.4 Å². The van der Waals surface area contributed by atoms with E-state index in [9.17, 15) is 4.79 Å². The first-order chi connectivity index (χ1) is 13.1. The lowest BCUT2D eigenvalue weighted by Gasteiger charge is -2.12. The van der Waals surface area contributed by atoms with E-state index in [2.05, 4.69) is 20.8 Å². The molecule has 0 fully saturated rings. The zero-order chi connectivity index (χ0) is 19.2. The summed E-state index contributed by atoms with van der Waals surface area (Å²) in [5.74, 6) is 0.651. The fourth-order valence-corrected chi connectivity index (χ4v) is 3.16. The van der Waals surface area contributed by atoms with Crippen LogP contribution in [-0.2, 0) is 4.79 Å². The van der Waals surface area contributed by atoms with Crippen LogP contribution in [-0.4, -0.2) is 38.0 Å². The molecule has 0 aliphatic rings. The maximum Gasteiger partial charge on any atom is 0.237 e. The summed E-state index contributed by atoms with van der Waals surface area (Å²) in [6.45, 7) is 6.38. The lowest BCUT2D eigenvalue weighted by molar-refractivity contribution is -0.115. The number of rotatable bonds is 7. The standard InChI is InChI=1S/C19H21N5O2S/c1-4-26-17-11-7-15(8-12-17)20-18(25)14(3)27-19-21-22-23-24(19)16-9-5-13(2)6-10-16/h5-12,14H,4H2,1-3H3,(H,20,25)/t14-/m0/s1. The molecule has 1 heterocycles. The summed E-state index contributed by atoms with van der Waals surface area (Å²) in [6, 6.07) is 15.2. The SMILES string of the molecule is CCOc1ccc(NC(=O)[C@H](C)Sc2nnnn2-c2ccc(C)cc2)cc1. The van der Waals surface area contributed by atoms with Gasteiger partial charge in [-0.1, -0.05) is 29.5 Å². The third-order valence-electron chi connectivity index (χ3n) is 3.80. The average Bonchev–Trinajstić information content (AvgIpc) is 3.12. The Hall–Kier alpha value is -2.87. The van der Waals surface area contributed by atoms with E-state index in [4.69, 9.17) is 4.74 Å². The monoisotopic (exact) mass is 383 g/mol. The average molecular weight is 383 g/mol. The third-order valence-corrected chi connectivity index (χ3v) is 4.84. The summed E-state index contributed by atoms with van der Waals surface area (Å²) in [4.78, 5) is 12.5. The number of carbonyl (C=O) groups excluding carboxylic acids is 1. The maximum absolute atomic E-state index is 12.5. The first-order valence-corrected chi connectivity index (χ1v) is 9.50. The minimum atomic E-state index is -0.369. The van der Waals surface area contributed by atoms with Crippen molar-refractivity contribution < 1.29 is 9.53 Å². The van der Waals surface area contributed by atoms with Gasteiger partial charge in [0.2, 0.25) is 11.1 Å². The molecule has 0 spiro atoms. The summed E-state index contributed by atoms with van der Waals surface area (Å²) in [5.41, 5.74) is 2.73. The van der Waals surface area contributed by atoms with Crippen LogP contribution in [0, 0.1) is 6.92 Å². The van der Waals surface area contributed by atoms with Crippen molar-refractivity contribution in [1.29, 1.82) is 0 Å². The van der Waals surface area contributed by atoms with Gasteiger partial charge in [0.15, 0.2) is 0 Å². The quantitative estimate of drug-likeness (QED) is 0.629. The molecular weight excluding hydrogens is 362 g/mol. The molecule has 0 aliphatic carbocycles. The van der Waals surface area contributed by atoms with Crippen LogP contribution in [0.4, 0.5) is 5.69 Å². The fraction of sp³-hybridized carbons (Fsp3) is 0.263. The molecule has 0 saturated carbocycles. The number of anilines is 1. The Morgan fingerprint density at radius 1 is 1.19 bits per heavy atom. The molecule has 0 aliphatic heterocycles. The van der Waals surface area contributed by atoms with Crippen LogP contribution in [0.25, 0.3) is 5.69 Å². The highest BCUT2D eigenvalue weighted by Crippen LogP contribution is 2.24. The largest absolute Gasteiger partial charge is 0.494 e. The van der Waals surface area contributed by atoms with E-state index in [1.54, 1.807) is 4.68 Å².